The number of hydrogen-bond donors (Lipinski definition) is 2. The summed E-state index contributed by atoms with van der Waals surface area (Å²) < 4.78 is 3.69. The minimum Gasteiger partial charge on any atom is -0.334 e. The van der Waals surface area contributed by atoms with Crippen molar-refractivity contribution >= 4 is 17.6 Å². The fourth-order valence-corrected chi connectivity index (χ4v) is 1.27. The van der Waals surface area contributed by atoms with Crippen LogP contribution < -0.4 is 10.6 Å². The van der Waals surface area contributed by atoms with Crippen molar-refractivity contribution in [3.63, 3.8) is 0 Å². The highest BCUT2D eigenvalue weighted by molar-refractivity contribution is 7.03. The molecule has 0 aliphatic carbocycles. The van der Waals surface area contributed by atoms with Gasteiger partial charge in [0.1, 0.15) is 0 Å². The first-order valence-electron chi connectivity index (χ1n) is 4.29. The van der Waals surface area contributed by atoms with E-state index in [1.54, 1.807) is 5.38 Å². The van der Waals surface area contributed by atoms with Crippen LogP contribution in [0, 0.1) is 0 Å². The highest BCUT2D eigenvalue weighted by atomic mass is 32.1. The van der Waals surface area contributed by atoms with Crippen LogP contribution in [0.5, 0.6) is 0 Å². The molecule has 1 aromatic rings. The molecule has 0 fully saturated rings. The largest absolute Gasteiger partial charge is 0.334 e. The summed E-state index contributed by atoms with van der Waals surface area (Å²) in [6, 6.07) is -0.189. The number of nitrogens with one attached hydrogen (secondary N) is 2. The van der Waals surface area contributed by atoms with Crippen molar-refractivity contribution in [3.05, 3.63) is 11.1 Å². The molecule has 5 nitrogen and oxygen atoms in total. The summed E-state index contributed by atoms with van der Waals surface area (Å²) in [4.78, 5) is 11.3. The molecule has 0 aromatic carbocycles. The zero-order valence-electron chi connectivity index (χ0n) is 8.50. The number of rotatable bonds is 2. The highest BCUT2D eigenvalue weighted by Gasteiger charge is 2.13. The van der Waals surface area contributed by atoms with E-state index >= 15 is 0 Å². The number of hydrogen-bond acceptors (Lipinski definition) is 4. The second-order valence-electron chi connectivity index (χ2n) is 3.95. The molecule has 1 heterocycles. The van der Waals surface area contributed by atoms with Crippen molar-refractivity contribution in [2.24, 2.45) is 0 Å². The van der Waals surface area contributed by atoms with Crippen molar-refractivity contribution in [2.75, 3.05) is 0 Å². The minimum absolute atomic E-state index is 0.189. The van der Waals surface area contributed by atoms with Gasteiger partial charge in [-0.3, -0.25) is 0 Å². The van der Waals surface area contributed by atoms with Gasteiger partial charge in [-0.1, -0.05) is 4.49 Å². The van der Waals surface area contributed by atoms with Crippen LogP contribution >= 0.6 is 11.5 Å². The fourth-order valence-electron chi connectivity index (χ4n) is 0.817. The van der Waals surface area contributed by atoms with Crippen molar-refractivity contribution < 1.29 is 4.79 Å². The lowest BCUT2D eigenvalue weighted by Crippen LogP contribution is -2.46. The average molecular weight is 214 g/mol. The molecule has 78 valence electrons. The Morgan fingerprint density at radius 1 is 1.57 bits per heavy atom. The number of amides is 2. The quantitative estimate of drug-likeness (QED) is 0.775. The molecule has 0 aliphatic heterocycles. The Morgan fingerprint density at radius 2 is 2.29 bits per heavy atom. The van der Waals surface area contributed by atoms with Gasteiger partial charge in [0.2, 0.25) is 0 Å². The van der Waals surface area contributed by atoms with E-state index in [0.717, 1.165) is 5.69 Å². The second kappa shape index (κ2) is 4.36. The Bertz CT molecular complexity index is 291. The SMILES string of the molecule is CC(C)(C)NC(=O)NCc1csnn1. The van der Waals surface area contributed by atoms with Crippen molar-refractivity contribution in [1.29, 1.82) is 0 Å². The van der Waals surface area contributed by atoms with E-state index in [1.165, 1.54) is 11.5 Å². The number of carbonyl (C=O) groups excluding carboxylic acids is 1. The predicted molar refractivity (Wildman–Crippen MR) is 55.0 cm³/mol. The molecule has 1 aromatic heterocycles. The molecular weight excluding hydrogens is 200 g/mol. The van der Waals surface area contributed by atoms with Crippen LogP contribution in [0.2, 0.25) is 0 Å². The average Bonchev–Trinajstić information content (AvgIpc) is 2.49. The Kier molecular flexibility index (Phi) is 3.40. The maximum absolute atomic E-state index is 11.3. The summed E-state index contributed by atoms with van der Waals surface area (Å²) in [5.41, 5.74) is 0.559. The summed E-state index contributed by atoms with van der Waals surface area (Å²) in [6.07, 6.45) is 0. The molecule has 14 heavy (non-hydrogen) atoms. The number of aromatic nitrogens is 2. The minimum atomic E-state index is -0.218. The first kappa shape index (κ1) is 10.9. The lowest BCUT2D eigenvalue weighted by atomic mass is 10.1. The Labute approximate surface area is 87.1 Å². The smallest absolute Gasteiger partial charge is 0.315 e. The third-order valence-corrected chi connectivity index (χ3v) is 1.88. The fraction of sp³-hybridized carbons (Fsp3) is 0.625. The van der Waals surface area contributed by atoms with Crippen LogP contribution in [-0.2, 0) is 6.54 Å². The van der Waals surface area contributed by atoms with Crippen LogP contribution in [0.3, 0.4) is 0 Å². The summed E-state index contributed by atoms with van der Waals surface area (Å²) in [7, 11) is 0. The van der Waals surface area contributed by atoms with Gasteiger partial charge in [-0.05, 0) is 32.3 Å². The standard InChI is InChI=1S/C8H14N4OS/c1-8(2,3)10-7(13)9-4-6-5-14-12-11-6/h5H,4H2,1-3H3,(H2,9,10,13). The predicted octanol–water partition coefficient (Wildman–Crippen LogP) is 1.14. The topological polar surface area (TPSA) is 66.9 Å². The molecule has 6 heteroatoms. The van der Waals surface area contributed by atoms with E-state index in [1.807, 2.05) is 20.8 Å². The maximum Gasteiger partial charge on any atom is 0.315 e. The monoisotopic (exact) mass is 214 g/mol. The zero-order chi connectivity index (χ0) is 10.6. The van der Waals surface area contributed by atoms with E-state index in [-0.39, 0.29) is 11.6 Å². The molecule has 0 spiro atoms. The molecule has 0 unspecified atom stereocenters. The van der Waals surface area contributed by atoms with Gasteiger partial charge in [-0.2, -0.15) is 0 Å². The third-order valence-electron chi connectivity index (χ3n) is 1.32. The molecule has 2 amide bonds. The van der Waals surface area contributed by atoms with Gasteiger partial charge in [0.05, 0.1) is 12.2 Å². The molecule has 0 atom stereocenters. The van der Waals surface area contributed by atoms with Gasteiger partial charge in [-0.25, -0.2) is 4.79 Å². The molecule has 2 N–H and O–H groups in total. The summed E-state index contributed by atoms with van der Waals surface area (Å²) >= 11 is 1.27. The van der Waals surface area contributed by atoms with Crippen LogP contribution in [0.1, 0.15) is 26.5 Å². The number of nitrogens with zero attached hydrogens (tertiary/aromatic N) is 2. The molecular formula is C8H14N4OS. The maximum atomic E-state index is 11.3. The summed E-state index contributed by atoms with van der Waals surface area (Å²) in [5.74, 6) is 0. The van der Waals surface area contributed by atoms with Crippen molar-refractivity contribution in [1.82, 2.24) is 20.2 Å². The lowest BCUT2D eigenvalue weighted by molar-refractivity contribution is 0.231. The molecule has 0 saturated heterocycles. The first-order valence-corrected chi connectivity index (χ1v) is 5.13. The third kappa shape index (κ3) is 4.18. The summed E-state index contributed by atoms with van der Waals surface area (Å²) in [5, 5.41) is 11.1. The Morgan fingerprint density at radius 3 is 2.79 bits per heavy atom. The van der Waals surface area contributed by atoms with Crippen LogP contribution in [0.25, 0.3) is 0 Å². The van der Waals surface area contributed by atoms with Gasteiger partial charge in [0, 0.05) is 10.9 Å². The van der Waals surface area contributed by atoms with E-state index in [4.69, 9.17) is 0 Å². The Hall–Kier alpha value is -1.17. The van der Waals surface area contributed by atoms with E-state index in [0.29, 0.717) is 6.54 Å². The zero-order valence-corrected chi connectivity index (χ0v) is 9.31. The normalized spacial score (nSPS) is 11.1. The van der Waals surface area contributed by atoms with Gasteiger partial charge in [0.15, 0.2) is 0 Å². The van der Waals surface area contributed by atoms with E-state index < -0.39 is 0 Å². The van der Waals surface area contributed by atoms with Crippen LogP contribution in [0.4, 0.5) is 4.79 Å². The van der Waals surface area contributed by atoms with Gasteiger partial charge in [0.25, 0.3) is 0 Å². The first-order chi connectivity index (χ1) is 6.47. The van der Waals surface area contributed by atoms with Gasteiger partial charge >= 0.3 is 6.03 Å². The molecule has 1 rings (SSSR count). The second-order valence-corrected chi connectivity index (χ2v) is 4.56. The van der Waals surface area contributed by atoms with Gasteiger partial charge in [-0.15, -0.1) is 5.10 Å². The lowest BCUT2D eigenvalue weighted by Gasteiger charge is -2.20. The van der Waals surface area contributed by atoms with E-state index in [9.17, 15) is 4.79 Å². The summed E-state index contributed by atoms with van der Waals surface area (Å²) in [6.45, 7) is 6.20. The van der Waals surface area contributed by atoms with E-state index in [2.05, 4.69) is 20.2 Å². The van der Waals surface area contributed by atoms with Gasteiger partial charge < -0.3 is 10.6 Å². The molecule has 0 bridgehead atoms. The number of carbonyl (C=O) groups is 1. The molecule has 0 saturated carbocycles. The van der Waals surface area contributed by atoms with Crippen molar-refractivity contribution in [3.8, 4) is 0 Å². The molecule has 0 radical (unpaired) electrons. The Balaban J connectivity index is 2.29. The highest BCUT2D eigenvalue weighted by Crippen LogP contribution is 1.99. The van der Waals surface area contributed by atoms with Crippen LogP contribution in [0.15, 0.2) is 5.38 Å². The number of urea groups is 1. The van der Waals surface area contributed by atoms with Crippen LogP contribution in [-0.4, -0.2) is 21.2 Å². The molecule has 0 aliphatic rings. The van der Waals surface area contributed by atoms with Crippen molar-refractivity contribution in [2.45, 2.75) is 32.9 Å².